The topological polar surface area (TPSA) is 76.0 Å². The fourth-order valence-electron chi connectivity index (χ4n) is 2.58. The van der Waals surface area contributed by atoms with Gasteiger partial charge in [0.2, 0.25) is 5.91 Å². The summed E-state index contributed by atoms with van der Waals surface area (Å²) < 4.78 is 14.9. The van der Waals surface area contributed by atoms with E-state index in [0.29, 0.717) is 23.4 Å². The maximum absolute atomic E-state index is 13.3. The van der Waals surface area contributed by atoms with Gasteiger partial charge in [-0.15, -0.1) is 0 Å². The van der Waals surface area contributed by atoms with E-state index in [9.17, 15) is 14.0 Å². The van der Waals surface area contributed by atoms with Crippen molar-refractivity contribution in [2.75, 3.05) is 13.1 Å². The number of para-hydroxylation sites is 1. The van der Waals surface area contributed by atoms with Crippen LogP contribution in [0.2, 0.25) is 0 Å². The second-order valence-electron chi connectivity index (χ2n) is 5.92. The molecule has 7 heteroatoms. The molecule has 0 fully saturated rings. The van der Waals surface area contributed by atoms with Gasteiger partial charge in [0.15, 0.2) is 0 Å². The lowest BCUT2D eigenvalue weighted by Crippen LogP contribution is -2.33. The molecule has 1 heterocycles. The van der Waals surface area contributed by atoms with Crippen LogP contribution in [0.5, 0.6) is 0 Å². The number of hydrogen-bond donors (Lipinski definition) is 2. The molecular formula is C20H19FN4O2. The largest absolute Gasteiger partial charge is 0.355 e. The second kappa shape index (κ2) is 8.27. The summed E-state index contributed by atoms with van der Waals surface area (Å²) in [5, 5.41) is 9.90. The molecule has 0 unspecified atom stereocenters. The summed E-state index contributed by atoms with van der Waals surface area (Å²) in [6.45, 7) is 2.04. The van der Waals surface area contributed by atoms with E-state index in [1.807, 2.05) is 30.3 Å². The highest BCUT2D eigenvalue weighted by Gasteiger charge is 2.18. The summed E-state index contributed by atoms with van der Waals surface area (Å²) in [5.74, 6) is -0.836. The summed E-state index contributed by atoms with van der Waals surface area (Å²) in [4.78, 5) is 23.6. The average molecular weight is 366 g/mol. The molecule has 2 aromatic carbocycles. The molecule has 6 nitrogen and oxygen atoms in total. The molecule has 0 atom stereocenters. The van der Waals surface area contributed by atoms with Crippen molar-refractivity contribution >= 4 is 11.8 Å². The summed E-state index contributed by atoms with van der Waals surface area (Å²) in [7, 11) is 0. The Balaban J connectivity index is 1.90. The molecule has 3 aromatic rings. The minimum Gasteiger partial charge on any atom is -0.355 e. The predicted octanol–water partition coefficient (Wildman–Crippen LogP) is 2.54. The Kier molecular flexibility index (Phi) is 5.61. The fourth-order valence-corrected chi connectivity index (χ4v) is 2.58. The van der Waals surface area contributed by atoms with Gasteiger partial charge in [-0.3, -0.25) is 9.59 Å². The fraction of sp³-hybridized carbons (Fsp3) is 0.150. The summed E-state index contributed by atoms with van der Waals surface area (Å²) in [5.41, 5.74) is 2.26. The van der Waals surface area contributed by atoms with E-state index in [0.717, 1.165) is 5.69 Å². The lowest BCUT2D eigenvalue weighted by atomic mass is 10.1. The first-order valence-electron chi connectivity index (χ1n) is 8.48. The smallest absolute Gasteiger partial charge is 0.255 e. The molecule has 0 aliphatic carbocycles. The third-order valence-corrected chi connectivity index (χ3v) is 3.88. The Bertz CT molecular complexity index is 936. The van der Waals surface area contributed by atoms with Gasteiger partial charge in [0.05, 0.1) is 11.3 Å². The molecule has 0 saturated heterocycles. The zero-order chi connectivity index (χ0) is 19.2. The van der Waals surface area contributed by atoms with Crippen LogP contribution in [0.1, 0.15) is 17.3 Å². The maximum atomic E-state index is 13.3. The summed E-state index contributed by atoms with van der Waals surface area (Å²) in [6.07, 6.45) is 1.64. The number of hydrogen-bond acceptors (Lipinski definition) is 3. The van der Waals surface area contributed by atoms with Crippen molar-refractivity contribution in [3.63, 3.8) is 0 Å². The number of rotatable bonds is 6. The lowest BCUT2D eigenvalue weighted by molar-refractivity contribution is -0.118. The Hall–Kier alpha value is -3.48. The van der Waals surface area contributed by atoms with Gasteiger partial charge >= 0.3 is 0 Å². The second-order valence-corrected chi connectivity index (χ2v) is 5.92. The van der Waals surface area contributed by atoms with E-state index < -0.39 is 0 Å². The molecule has 0 aliphatic rings. The van der Waals surface area contributed by atoms with Gasteiger partial charge in [-0.25, -0.2) is 9.07 Å². The van der Waals surface area contributed by atoms with Crippen molar-refractivity contribution in [3.05, 3.63) is 72.2 Å². The minimum absolute atomic E-state index is 0.159. The molecule has 0 bridgehead atoms. The molecule has 0 radical (unpaired) electrons. The Labute approximate surface area is 156 Å². The van der Waals surface area contributed by atoms with E-state index in [1.54, 1.807) is 23.0 Å². The highest BCUT2D eigenvalue weighted by atomic mass is 19.1. The van der Waals surface area contributed by atoms with E-state index in [-0.39, 0.29) is 24.2 Å². The van der Waals surface area contributed by atoms with E-state index in [2.05, 4.69) is 15.7 Å². The van der Waals surface area contributed by atoms with Gasteiger partial charge in [0.25, 0.3) is 5.91 Å². The Morgan fingerprint density at radius 1 is 1.00 bits per heavy atom. The normalized spacial score (nSPS) is 10.4. The number of carbonyl (C=O) groups is 2. The SMILES string of the molecule is CC(=O)NCCNC(=O)c1cn(-c2ccccc2)nc1-c1ccc(F)cc1. The molecule has 0 aliphatic heterocycles. The van der Waals surface area contributed by atoms with Gasteiger partial charge in [0.1, 0.15) is 11.5 Å². The van der Waals surface area contributed by atoms with Crippen LogP contribution in [0.25, 0.3) is 16.9 Å². The van der Waals surface area contributed by atoms with Crippen LogP contribution in [0.4, 0.5) is 4.39 Å². The van der Waals surface area contributed by atoms with E-state index >= 15 is 0 Å². The van der Waals surface area contributed by atoms with Crippen LogP contribution >= 0.6 is 0 Å². The lowest BCUT2D eigenvalue weighted by Gasteiger charge is -2.06. The van der Waals surface area contributed by atoms with Crippen LogP contribution < -0.4 is 10.6 Å². The Morgan fingerprint density at radius 3 is 2.33 bits per heavy atom. The number of aromatic nitrogens is 2. The highest BCUT2D eigenvalue weighted by molar-refractivity contribution is 5.99. The van der Waals surface area contributed by atoms with Crippen LogP contribution in [0, 0.1) is 5.82 Å². The third-order valence-electron chi connectivity index (χ3n) is 3.88. The number of carbonyl (C=O) groups excluding carboxylic acids is 2. The van der Waals surface area contributed by atoms with Crippen LogP contribution in [-0.4, -0.2) is 34.7 Å². The number of nitrogens with zero attached hydrogens (tertiary/aromatic N) is 2. The summed E-state index contributed by atoms with van der Waals surface area (Å²) >= 11 is 0. The van der Waals surface area contributed by atoms with Gasteiger partial charge < -0.3 is 10.6 Å². The summed E-state index contributed by atoms with van der Waals surface area (Å²) in [6, 6.07) is 15.2. The van der Waals surface area contributed by atoms with Crippen molar-refractivity contribution in [2.45, 2.75) is 6.92 Å². The van der Waals surface area contributed by atoms with Crippen molar-refractivity contribution < 1.29 is 14.0 Å². The van der Waals surface area contributed by atoms with Crippen molar-refractivity contribution in [1.82, 2.24) is 20.4 Å². The molecule has 138 valence electrons. The predicted molar refractivity (Wildman–Crippen MR) is 100.0 cm³/mol. The molecule has 0 spiro atoms. The zero-order valence-corrected chi connectivity index (χ0v) is 14.8. The van der Waals surface area contributed by atoms with Gasteiger partial charge in [-0.05, 0) is 36.4 Å². The molecule has 27 heavy (non-hydrogen) atoms. The van der Waals surface area contributed by atoms with Crippen molar-refractivity contribution in [2.24, 2.45) is 0 Å². The standard InChI is InChI=1S/C20H19FN4O2/c1-14(26)22-11-12-23-20(27)18-13-25(17-5-3-2-4-6-17)24-19(18)15-7-9-16(21)10-8-15/h2-10,13H,11-12H2,1H3,(H,22,26)(H,23,27). The van der Waals surface area contributed by atoms with Gasteiger partial charge in [-0.1, -0.05) is 18.2 Å². The molecule has 0 saturated carbocycles. The van der Waals surface area contributed by atoms with Crippen LogP contribution in [0.15, 0.2) is 60.8 Å². The van der Waals surface area contributed by atoms with Crippen LogP contribution in [-0.2, 0) is 4.79 Å². The average Bonchev–Trinajstić information content (AvgIpc) is 3.12. The quantitative estimate of drug-likeness (QED) is 0.659. The van der Waals surface area contributed by atoms with E-state index in [1.165, 1.54) is 19.1 Å². The number of nitrogens with one attached hydrogen (secondary N) is 2. The Morgan fingerprint density at radius 2 is 1.67 bits per heavy atom. The van der Waals surface area contributed by atoms with Crippen LogP contribution in [0.3, 0.4) is 0 Å². The van der Waals surface area contributed by atoms with Gasteiger partial charge in [0, 0.05) is 31.8 Å². The molecule has 3 rings (SSSR count). The third kappa shape index (κ3) is 4.58. The maximum Gasteiger partial charge on any atom is 0.255 e. The molecule has 2 N–H and O–H groups in total. The van der Waals surface area contributed by atoms with Gasteiger partial charge in [-0.2, -0.15) is 5.10 Å². The first-order valence-corrected chi connectivity index (χ1v) is 8.48. The molecule has 1 aromatic heterocycles. The number of halogens is 1. The zero-order valence-electron chi connectivity index (χ0n) is 14.8. The minimum atomic E-state index is -0.359. The van der Waals surface area contributed by atoms with E-state index in [4.69, 9.17) is 0 Å². The van der Waals surface area contributed by atoms with Crippen molar-refractivity contribution in [3.8, 4) is 16.9 Å². The van der Waals surface area contributed by atoms with Crippen molar-refractivity contribution in [1.29, 1.82) is 0 Å². The molecular weight excluding hydrogens is 347 g/mol. The first kappa shape index (κ1) is 18.3. The number of benzene rings is 2. The molecule has 2 amide bonds. The number of amides is 2. The first-order chi connectivity index (χ1) is 13.0. The monoisotopic (exact) mass is 366 g/mol. The highest BCUT2D eigenvalue weighted by Crippen LogP contribution is 2.24.